The molecule has 0 saturated carbocycles. The van der Waals surface area contributed by atoms with Gasteiger partial charge in [-0.2, -0.15) is 13.2 Å². The topological polar surface area (TPSA) is 86.8 Å². The molecule has 11 heteroatoms. The highest BCUT2D eigenvalue weighted by molar-refractivity contribution is 6.31. The van der Waals surface area contributed by atoms with Crippen molar-refractivity contribution in [1.29, 1.82) is 0 Å². The average molecular weight is 443 g/mol. The molecule has 3 aromatic rings. The molecule has 0 spiro atoms. The first kappa shape index (κ1) is 20.4. The van der Waals surface area contributed by atoms with Crippen LogP contribution in [0.25, 0.3) is 22.4 Å². The number of pyridine rings is 1. The lowest BCUT2D eigenvalue weighted by Crippen LogP contribution is -2.44. The Kier molecular flexibility index (Phi) is 5.50. The SMILES string of the molecule is O=C(NCCC(F)(F)F)[C@H]1CCCN1c1ccnc(-c2c[nH]c3ncc(Cl)cc23)n1.[HH].[HH]. The molecule has 0 radical (unpaired) electrons. The molecular formula is C19H22ClF3N6O. The van der Waals surface area contributed by atoms with Gasteiger partial charge in [-0.25, -0.2) is 15.0 Å². The summed E-state index contributed by atoms with van der Waals surface area (Å²) in [5.41, 5.74) is 1.36. The van der Waals surface area contributed by atoms with Gasteiger partial charge in [-0.3, -0.25) is 4.79 Å². The number of anilines is 1. The molecule has 1 aliphatic heterocycles. The predicted octanol–water partition coefficient (Wildman–Crippen LogP) is 4.20. The molecule has 4 rings (SSSR count). The van der Waals surface area contributed by atoms with E-state index in [0.717, 1.165) is 11.8 Å². The third-order valence-electron chi connectivity index (χ3n) is 4.94. The number of rotatable bonds is 5. The molecule has 3 aromatic heterocycles. The highest BCUT2D eigenvalue weighted by Gasteiger charge is 2.33. The number of hydrogen-bond acceptors (Lipinski definition) is 5. The maximum Gasteiger partial charge on any atom is 0.390 e. The highest BCUT2D eigenvalue weighted by atomic mass is 35.5. The fourth-order valence-electron chi connectivity index (χ4n) is 3.56. The lowest BCUT2D eigenvalue weighted by molar-refractivity contribution is -0.135. The minimum atomic E-state index is -4.30. The highest BCUT2D eigenvalue weighted by Crippen LogP contribution is 2.30. The van der Waals surface area contributed by atoms with Crippen LogP contribution >= 0.6 is 11.6 Å². The fourth-order valence-corrected chi connectivity index (χ4v) is 3.72. The molecule has 4 heterocycles. The van der Waals surface area contributed by atoms with Crippen molar-refractivity contribution in [3.05, 3.63) is 35.7 Å². The van der Waals surface area contributed by atoms with Crippen LogP contribution < -0.4 is 10.2 Å². The van der Waals surface area contributed by atoms with Crippen LogP contribution in [0.2, 0.25) is 5.02 Å². The fraction of sp³-hybridized carbons (Fsp3) is 0.368. The number of aromatic amines is 1. The van der Waals surface area contributed by atoms with Gasteiger partial charge in [0.1, 0.15) is 17.5 Å². The van der Waals surface area contributed by atoms with Gasteiger partial charge in [0, 0.05) is 45.5 Å². The standard InChI is InChI=1S/C19H18ClF3N6O.2H2/c20-11-8-12-13(10-27-16(12)26-9-11)17-24-5-3-15(28-17)29-7-1-2-14(29)18(30)25-6-4-19(21,22)23;;/h3,5,8-10,14H,1-2,4,6-7H2,(H,25,30)(H,26,27);2*1H/t14-;;/m1../s1. The summed E-state index contributed by atoms with van der Waals surface area (Å²) in [4.78, 5) is 30.4. The number of H-pyrrole nitrogens is 1. The molecule has 162 valence electrons. The Morgan fingerprint density at radius 1 is 1.40 bits per heavy atom. The molecule has 0 aromatic carbocycles. The second kappa shape index (κ2) is 8.10. The van der Waals surface area contributed by atoms with Gasteiger partial charge in [0.25, 0.3) is 0 Å². The second-order valence-electron chi connectivity index (χ2n) is 7.00. The van der Waals surface area contributed by atoms with E-state index in [1.165, 1.54) is 6.20 Å². The number of fused-ring (bicyclic) bond motifs is 1. The van der Waals surface area contributed by atoms with E-state index < -0.39 is 31.1 Å². The number of nitrogens with zero attached hydrogens (tertiary/aromatic N) is 4. The van der Waals surface area contributed by atoms with Crippen molar-refractivity contribution < 1.29 is 20.8 Å². The number of amides is 1. The Hall–Kier alpha value is -2.88. The van der Waals surface area contributed by atoms with Crippen LogP contribution in [0, 0.1) is 0 Å². The van der Waals surface area contributed by atoms with Gasteiger partial charge in [0.15, 0.2) is 5.82 Å². The van der Waals surface area contributed by atoms with Crippen molar-refractivity contribution in [3.8, 4) is 11.4 Å². The first-order valence-corrected chi connectivity index (χ1v) is 9.77. The van der Waals surface area contributed by atoms with Crippen molar-refractivity contribution in [3.63, 3.8) is 0 Å². The molecule has 1 fully saturated rings. The summed E-state index contributed by atoms with van der Waals surface area (Å²) < 4.78 is 37.0. The van der Waals surface area contributed by atoms with Gasteiger partial charge in [-0.05, 0) is 25.0 Å². The Morgan fingerprint density at radius 3 is 3.03 bits per heavy atom. The molecule has 30 heavy (non-hydrogen) atoms. The van der Waals surface area contributed by atoms with Crippen LogP contribution in [-0.4, -0.2) is 51.2 Å². The molecule has 1 atom stereocenters. The van der Waals surface area contributed by atoms with Crippen molar-refractivity contribution in [2.45, 2.75) is 31.5 Å². The van der Waals surface area contributed by atoms with Crippen molar-refractivity contribution >= 4 is 34.4 Å². The van der Waals surface area contributed by atoms with E-state index in [-0.39, 0.29) is 2.85 Å². The Bertz CT molecular complexity index is 1080. The number of nitrogens with one attached hydrogen (secondary N) is 2. The second-order valence-corrected chi connectivity index (χ2v) is 7.43. The van der Waals surface area contributed by atoms with Gasteiger partial charge in [-0.15, -0.1) is 0 Å². The molecule has 1 amide bonds. The monoisotopic (exact) mass is 442 g/mol. The number of carbonyl (C=O) groups is 1. The molecule has 0 bridgehead atoms. The summed E-state index contributed by atoms with van der Waals surface area (Å²) >= 11 is 6.05. The summed E-state index contributed by atoms with van der Waals surface area (Å²) in [7, 11) is 0. The smallest absolute Gasteiger partial charge is 0.354 e. The minimum Gasteiger partial charge on any atom is -0.354 e. The van der Waals surface area contributed by atoms with Crippen molar-refractivity contribution in [2.75, 3.05) is 18.0 Å². The zero-order valence-electron chi connectivity index (χ0n) is 15.7. The van der Waals surface area contributed by atoms with Gasteiger partial charge in [0.05, 0.1) is 11.4 Å². The summed E-state index contributed by atoms with van der Waals surface area (Å²) in [6.07, 6.45) is 0.784. The molecule has 1 saturated heterocycles. The van der Waals surface area contributed by atoms with E-state index in [9.17, 15) is 18.0 Å². The number of aromatic nitrogens is 4. The zero-order valence-corrected chi connectivity index (χ0v) is 16.5. The third-order valence-corrected chi connectivity index (χ3v) is 5.14. The van der Waals surface area contributed by atoms with Gasteiger partial charge < -0.3 is 15.2 Å². The number of hydrogen-bond donors (Lipinski definition) is 2. The van der Waals surface area contributed by atoms with Crippen molar-refractivity contribution in [2.24, 2.45) is 0 Å². The van der Waals surface area contributed by atoms with Gasteiger partial charge in [-0.1, -0.05) is 11.6 Å². The maximum absolute atomic E-state index is 12.4. The van der Waals surface area contributed by atoms with Crippen LogP contribution in [0.3, 0.4) is 0 Å². The van der Waals surface area contributed by atoms with E-state index >= 15 is 0 Å². The average Bonchev–Trinajstić information content (AvgIpc) is 3.34. The molecular weight excluding hydrogens is 421 g/mol. The maximum atomic E-state index is 12.4. The first-order chi connectivity index (χ1) is 14.3. The minimum absolute atomic E-state index is 0. The summed E-state index contributed by atoms with van der Waals surface area (Å²) in [6.45, 7) is 0.139. The molecule has 0 aliphatic carbocycles. The van der Waals surface area contributed by atoms with Crippen LogP contribution in [0.5, 0.6) is 0 Å². The Labute approximate surface area is 177 Å². The van der Waals surface area contributed by atoms with Crippen LogP contribution in [-0.2, 0) is 4.79 Å². The molecule has 0 unspecified atom stereocenters. The van der Waals surface area contributed by atoms with Gasteiger partial charge >= 0.3 is 6.18 Å². The third kappa shape index (κ3) is 4.33. The lowest BCUT2D eigenvalue weighted by Gasteiger charge is -2.25. The number of alkyl halides is 3. The van der Waals surface area contributed by atoms with Crippen molar-refractivity contribution in [1.82, 2.24) is 25.3 Å². The van der Waals surface area contributed by atoms with E-state index in [1.54, 1.807) is 29.4 Å². The van der Waals surface area contributed by atoms with Crippen LogP contribution in [0.4, 0.5) is 19.0 Å². The molecule has 7 nitrogen and oxygen atoms in total. The largest absolute Gasteiger partial charge is 0.390 e. The Balaban J connectivity index is 0.00000181. The summed E-state index contributed by atoms with van der Waals surface area (Å²) in [5, 5.41) is 3.63. The van der Waals surface area contributed by atoms with E-state index in [4.69, 9.17) is 11.6 Å². The van der Waals surface area contributed by atoms with E-state index in [1.807, 2.05) is 0 Å². The summed E-state index contributed by atoms with van der Waals surface area (Å²) in [5.74, 6) is 0.545. The van der Waals surface area contributed by atoms with E-state index in [2.05, 4.69) is 25.3 Å². The first-order valence-electron chi connectivity index (χ1n) is 9.39. The number of carbonyl (C=O) groups excluding carboxylic acids is 1. The van der Waals surface area contributed by atoms with Crippen LogP contribution in [0.15, 0.2) is 30.7 Å². The normalized spacial score (nSPS) is 16.9. The molecule has 2 N–H and O–H groups in total. The zero-order chi connectivity index (χ0) is 21.3. The summed E-state index contributed by atoms with van der Waals surface area (Å²) in [6, 6.07) is 2.88. The number of halogens is 4. The van der Waals surface area contributed by atoms with E-state index in [0.29, 0.717) is 40.8 Å². The van der Waals surface area contributed by atoms with Gasteiger partial charge in [0.2, 0.25) is 5.91 Å². The molecule has 1 aliphatic rings. The Morgan fingerprint density at radius 2 is 2.23 bits per heavy atom. The lowest BCUT2D eigenvalue weighted by atomic mass is 10.2. The predicted molar refractivity (Wildman–Crippen MR) is 110 cm³/mol. The quantitative estimate of drug-likeness (QED) is 0.618. The van der Waals surface area contributed by atoms with Crippen LogP contribution in [0.1, 0.15) is 22.1 Å².